The Morgan fingerprint density at radius 3 is 2.47 bits per heavy atom. The van der Waals surface area contributed by atoms with E-state index >= 15 is 0 Å². The van der Waals surface area contributed by atoms with E-state index in [4.69, 9.17) is 0 Å². The molecule has 0 fully saturated rings. The zero-order chi connectivity index (χ0) is 11.0. The Balaban J connectivity index is 2.54. The van der Waals surface area contributed by atoms with Crippen molar-refractivity contribution in [2.45, 2.75) is 13.8 Å². The molecule has 78 valence electrons. The Morgan fingerprint density at radius 2 is 1.93 bits per heavy atom. The van der Waals surface area contributed by atoms with Gasteiger partial charge in [-0.05, 0) is 43.7 Å². The van der Waals surface area contributed by atoms with Gasteiger partial charge in [-0.15, -0.1) is 0 Å². The van der Waals surface area contributed by atoms with Crippen molar-refractivity contribution in [3.05, 3.63) is 35.5 Å². The second-order valence-corrected chi connectivity index (χ2v) is 3.80. The van der Waals surface area contributed by atoms with E-state index in [0.717, 1.165) is 22.5 Å². The predicted molar refractivity (Wildman–Crippen MR) is 59.8 cm³/mol. The smallest absolute Gasteiger partial charge is 0.118 e. The lowest BCUT2D eigenvalue weighted by molar-refractivity contribution is 0.471. The van der Waals surface area contributed by atoms with Crippen molar-refractivity contribution in [3.63, 3.8) is 0 Å². The standard InChI is InChI=1S/C12H14N2O/c1-8-6-10(4-5-12(8)15)11-7-9(2)13-14(11)3/h4-7,15H,1-3H3. The molecule has 0 atom stereocenters. The molecule has 1 aromatic carbocycles. The highest BCUT2D eigenvalue weighted by molar-refractivity contribution is 5.62. The highest BCUT2D eigenvalue weighted by Gasteiger charge is 2.06. The van der Waals surface area contributed by atoms with Crippen molar-refractivity contribution in [1.29, 1.82) is 0 Å². The van der Waals surface area contributed by atoms with Gasteiger partial charge in [0, 0.05) is 12.6 Å². The van der Waals surface area contributed by atoms with Crippen molar-refractivity contribution < 1.29 is 5.11 Å². The molecule has 0 saturated heterocycles. The maximum Gasteiger partial charge on any atom is 0.118 e. The van der Waals surface area contributed by atoms with Crippen molar-refractivity contribution in [2.75, 3.05) is 0 Å². The van der Waals surface area contributed by atoms with Crippen molar-refractivity contribution >= 4 is 0 Å². The van der Waals surface area contributed by atoms with E-state index in [1.165, 1.54) is 0 Å². The van der Waals surface area contributed by atoms with E-state index in [2.05, 4.69) is 5.10 Å². The number of aryl methyl sites for hydroxylation is 3. The third kappa shape index (κ3) is 1.73. The second-order valence-electron chi connectivity index (χ2n) is 3.80. The van der Waals surface area contributed by atoms with Gasteiger partial charge in [-0.25, -0.2) is 0 Å². The summed E-state index contributed by atoms with van der Waals surface area (Å²) in [4.78, 5) is 0. The number of hydrogen-bond acceptors (Lipinski definition) is 2. The van der Waals surface area contributed by atoms with Crippen molar-refractivity contribution in [2.24, 2.45) is 7.05 Å². The molecule has 0 amide bonds. The first-order valence-corrected chi connectivity index (χ1v) is 4.88. The molecule has 2 aromatic rings. The third-order valence-electron chi connectivity index (χ3n) is 2.49. The monoisotopic (exact) mass is 202 g/mol. The van der Waals surface area contributed by atoms with Gasteiger partial charge >= 0.3 is 0 Å². The van der Waals surface area contributed by atoms with E-state index in [0.29, 0.717) is 5.75 Å². The number of phenols is 1. The van der Waals surface area contributed by atoms with Crippen LogP contribution in [0.2, 0.25) is 0 Å². The molecule has 0 aliphatic heterocycles. The summed E-state index contributed by atoms with van der Waals surface area (Å²) >= 11 is 0. The number of aromatic nitrogens is 2. The molecule has 15 heavy (non-hydrogen) atoms. The fraction of sp³-hybridized carbons (Fsp3) is 0.250. The highest BCUT2D eigenvalue weighted by atomic mass is 16.3. The van der Waals surface area contributed by atoms with Gasteiger partial charge < -0.3 is 5.11 Å². The molecule has 1 heterocycles. The Morgan fingerprint density at radius 1 is 1.20 bits per heavy atom. The minimum absolute atomic E-state index is 0.331. The van der Waals surface area contributed by atoms with E-state index in [-0.39, 0.29) is 0 Å². The summed E-state index contributed by atoms with van der Waals surface area (Å²) in [6.45, 7) is 3.86. The first kappa shape index (κ1) is 9.77. The quantitative estimate of drug-likeness (QED) is 0.771. The summed E-state index contributed by atoms with van der Waals surface area (Å²) in [5.74, 6) is 0.331. The van der Waals surface area contributed by atoms with Crippen LogP contribution in [0.5, 0.6) is 5.75 Å². The summed E-state index contributed by atoms with van der Waals surface area (Å²) in [5.41, 5.74) is 4.02. The van der Waals surface area contributed by atoms with Crippen molar-refractivity contribution in [1.82, 2.24) is 9.78 Å². The largest absolute Gasteiger partial charge is 0.508 e. The van der Waals surface area contributed by atoms with Crippen LogP contribution in [0.1, 0.15) is 11.3 Å². The summed E-state index contributed by atoms with van der Waals surface area (Å²) in [6, 6.07) is 7.61. The molecule has 2 rings (SSSR count). The van der Waals surface area contributed by atoms with Crippen LogP contribution >= 0.6 is 0 Å². The van der Waals surface area contributed by atoms with Gasteiger partial charge in [-0.1, -0.05) is 0 Å². The first-order chi connectivity index (χ1) is 7.08. The van der Waals surface area contributed by atoms with Crippen LogP contribution in [-0.4, -0.2) is 14.9 Å². The van der Waals surface area contributed by atoms with Crippen molar-refractivity contribution in [3.8, 4) is 17.0 Å². The summed E-state index contributed by atoms with van der Waals surface area (Å²) in [5, 5.41) is 13.7. The first-order valence-electron chi connectivity index (χ1n) is 4.88. The molecule has 3 nitrogen and oxygen atoms in total. The average molecular weight is 202 g/mol. The van der Waals surface area contributed by atoms with Gasteiger partial charge in [-0.3, -0.25) is 4.68 Å². The Bertz CT molecular complexity index is 500. The van der Waals surface area contributed by atoms with Crippen LogP contribution < -0.4 is 0 Å². The van der Waals surface area contributed by atoms with Gasteiger partial charge in [0.15, 0.2) is 0 Å². The molecule has 3 heteroatoms. The number of phenolic OH excluding ortho intramolecular Hbond substituents is 1. The topological polar surface area (TPSA) is 38.0 Å². The van der Waals surface area contributed by atoms with Crippen LogP contribution in [0, 0.1) is 13.8 Å². The Kier molecular flexibility index (Phi) is 2.23. The highest BCUT2D eigenvalue weighted by Crippen LogP contribution is 2.25. The fourth-order valence-corrected chi connectivity index (χ4v) is 1.70. The van der Waals surface area contributed by atoms with Gasteiger partial charge in [0.1, 0.15) is 5.75 Å². The van der Waals surface area contributed by atoms with E-state index in [1.807, 2.05) is 43.8 Å². The summed E-state index contributed by atoms with van der Waals surface area (Å²) in [7, 11) is 1.92. The molecular weight excluding hydrogens is 188 g/mol. The SMILES string of the molecule is Cc1cc(-c2ccc(O)c(C)c2)n(C)n1. The molecule has 1 N–H and O–H groups in total. The fourth-order valence-electron chi connectivity index (χ4n) is 1.70. The number of hydrogen-bond donors (Lipinski definition) is 1. The number of aromatic hydroxyl groups is 1. The molecular formula is C12H14N2O. The molecule has 0 bridgehead atoms. The second kappa shape index (κ2) is 3.42. The normalized spacial score (nSPS) is 10.6. The lowest BCUT2D eigenvalue weighted by Crippen LogP contribution is -1.93. The van der Waals surface area contributed by atoms with Gasteiger partial charge in [0.2, 0.25) is 0 Å². The van der Waals surface area contributed by atoms with Gasteiger partial charge in [-0.2, -0.15) is 5.10 Å². The van der Waals surface area contributed by atoms with Crippen LogP contribution in [-0.2, 0) is 7.05 Å². The van der Waals surface area contributed by atoms with Crippen LogP contribution in [0.15, 0.2) is 24.3 Å². The number of benzene rings is 1. The number of rotatable bonds is 1. The lowest BCUT2D eigenvalue weighted by atomic mass is 10.1. The maximum absolute atomic E-state index is 9.44. The molecule has 0 unspecified atom stereocenters. The lowest BCUT2D eigenvalue weighted by Gasteiger charge is -2.04. The van der Waals surface area contributed by atoms with Gasteiger partial charge in [0.25, 0.3) is 0 Å². The summed E-state index contributed by atoms with van der Waals surface area (Å²) < 4.78 is 1.85. The van der Waals surface area contributed by atoms with E-state index in [1.54, 1.807) is 6.07 Å². The minimum Gasteiger partial charge on any atom is -0.508 e. The van der Waals surface area contributed by atoms with Gasteiger partial charge in [0.05, 0.1) is 11.4 Å². The van der Waals surface area contributed by atoms with Crippen LogP contribution in [0.25, 0.3) is 11.3 Å². The Hall–Kier alpha value is -1.77. The molecule has 0 radical (unpaired) electrons. The molecule has 1 aromatic heterocycles. The zero-order valence-electron chi connectivity index (χ0n) is 9.15. The predicted octanol–water partition coefficient (Wildman–Crippen LogP) is 2.41. The van der Waals surface area contributed by atoms with Crippen LogP contribution in [0.4, 0.5) is 0 Å². The molecule has 0 aliphatic carbocycles. The zero-order valence-corrected chi connectivity index (χ0v) is 9.15. The minimum atomic E-state index is 0.331. The van der Waals surface area contributed by atoms with Crippen LogP contribution in [0.3, 0.4) is 0 Å². The maximum atomic E-state index is 9.44. The molecule has 0 saturated carbocycles. The molecule has 0 aliphatic rings. The van der Waals surface area contributed by atoms with E-state index in [9.17, 15) is 5.11 Å². The van der Waals surface area contributed by atoms with E-state index < -0.39 is 0 Å². The third-order valence-corrected chi connectivity index (χ3v) is 2.49. The molecule has 0 spiro atoms. The number of nitrogens with zero attached hydrogens (tertiary/aromatic N) is 2. The summed E-state index contributed by atoms with van der Waals surface area (Å²) in [6.07, 6.45) is 0. The Labute approximate surface area is 89.0 Å². The average Bonchev–Trinajstić information content (AvgIpc) is 2.50.